The fourth-order valence-corrected chi connectivity index (χ4v) is 2.68. The molecule has 1 heterocycles. The molecule has 0 saturated carbocycles. The number of hydrogen-bond acceptors (Lipinski definition) is 4. The molecule has 0 spiro atoms. The smallest absolute Gasteiger partial charge is 0.324 e. The number of amides is 3. The lowest BCUT2D eigenvalue weighted by atomic mass is 10.1. The largest absolute Gasteiger partial charge is 0.490 e. The van der Waals surface area contributed by atoms with Gasteiger partial charge in [-0.05, 0) is 38.8 Å². The van der Waals surface area contributed by atoms with Crippen LogP contribution in [0.4, 0.5) is 4.79 Å². The lowest BCUT2D eigenvalue weighted by Gasteiger charge is -2.17. The predicted molar refractivity (Wildman–Crippen MR) is 125 cm³/mol. The van der Waals surface area contributed by atoms with Crippen LogP contribution in [0.15, 0.2) is 23.2 Å². The molecule has 29 heavy (non-hydrogen) atoms. The molecular formula is C20H32IN5O3. The summed E-state index contributed by atoms with van der Waals surface area (Å²) >= 11 is 0. The van der Waals surface area contributed by atoms with E-state index in [2.05, 4.69) is 34.8 Å². The third-order valence-corrected chi connectivity index (χ3v) is 4.44. The van der Waals surface area contributed by atoms with Crippen molar-refractivity contribution in [1.82, 2.24) is 20.9 Å². The molecule has 9 heteroatoms. The van der Waals surface area contributed by atoms with Crippen molar-refractivity contribution in [1.29, 1.82) is 0 Å². The van der Waals surface area contributed by atoms with Gasteiger partial charge in [0.1, 0.15) is 5.75 Å². The number of nitrogens with one attached hydrogen (secondary N) is 3. The molecule has 1 saturated heterocycles. The van der Waals surface area contributed by atoms with Gasteiger partial charge in [0.15, 0.2) is 5.96 Å². The van der Waals surface area contributed by atoms with Crippen LogP contribution in [-0.2, 0) is 11.3 Å². The van der Waals surface area contributed by atoms with Gasteiger partial charge < -0.3 is 20.7 Å². The van der Waals surface area contributed by atoms with Gasteiger partial charge in [-0.15, -0.1) is 24.0 Å². The van der Waals surface area contributed by atoms with Gasteiger partial charge >= 0.3 is 6.03 Å². The van der Waals surface area contributed by atoms with Crippen molar-refractivity contribution in [3.05, 3.63) is 29.3 Å². The third kappa shape index (κ3) is 7.71. The summed E-state index contributed by atoms with van der Waals surface area (Å²) in [6.07, 6.45) is 1.07. The first-order valence-corrected chi connectivity index (χ1v) is 9.81. The number of hydrogen-bond donors (Lipinski definition) is 3. The fourth-order valence-electron chi connectivity index (χ4n) is 2.68. The molecule has 1 fully saturated rings. The second-order valence-electron chi connectivity index (χ2n) is 6.77. The molecule has 8 nitrogen and oxygen atoms in total. The maximum atomic E-state index is 11.6. The zero-order valence-corrected chi connectivity index (χ0v) is 19.9. The zero-order chi connectivity index (χ0) is 20.5. The van der Waals surface area contributed by atoms with Crippen molar-refractivity contribution in [2.75, 3.05) is 26.2 Å². The van der Waals surface area contributed by atoms with Crippen LogP contribution in [0.2, 0.25) is 0 Å². The Kier molecular flexibility index (Phi) is 10.8. The Hall–Kier alpha value is -2.04. The molecule has 0 bridgehead atoms. The monoisotopic (exact) mass is 517 g/mol. The number of rotatable bonds is 9. The summed E-state index contributed by atoms with van der Waals surface area (Å²) < 4.78 is 6.04. The molecule has 1 unspecified atom stereocenters. The molecule has 3 N–H and O–H groups in total. The minimum Gasteiger partial charge on any atom is -0.490 e. The summed E-state index contributed by atoms with van der Waals surface area (Å²) in [5.41, 5.74) is 2.15. The normalized spacial score (nSPS) is 14.9. The van der Waals surface area contributed by atoms with Gasteiger partial charge in [-0.2, -0.15) is 0 Å². The second-order valence-corrected chi connectivity index (χ2v) is 6.77. The maximum absolute atomic E-state index is 11.6. The second kappa shape index (κ2) is 12.5. The minimum atomic E-state index is -0.347. The average molecular weight is 517 g/mol. The van der Waals surface area contributed by atoms with E-state index in [9.17, 15) is 9.59 Å². The Balaban J connectivity index is 0.00000420. The van der Waals surface area contributed by atoms with Crippen LogP contribution < -0.4 is 20.7 Å². The molecule has 0 aromatic heterocycles. The lowest BCUT2D eigenvalue weighted by molar-refractivity contribution is -0.124. The van der Waals surface area contributed by atoms with E-state index >= 15 is 0 Å². The number of ether oxygens (including phenoxy) is 1. The topological polar surface area (TPSA) is 95.1 Å². The predicted octanol–water partition coefficient (Wildman–Crippen LogP) is 2.40. The van der Waals surface area contributed by atoms with Crippen molar-refractivity contribution >= 4 is 41.9 Å². The molecule has 1 aliphatic heterocycles. The van der Waals surface area contributed by atoms with Crippen LogP contribution >= 0.6 is 24.0 Å². The zero-order valence-electron chi connectivity index (χ0n) is 17.6. The molecule has 1 aromatic carbocycles. The molecule has 1 atom stereocenters. The van der Waals surface area contributed by atoms with Crippen LogP contribution in [0.5, 0.6) is 5.75 Å². The minimum absolute atomic E-state index is 0. The molecule has 2 rings (SSSR count). The molecule has 0 radical (unpaired) electrons. The van der Waals surface area contributed by atoms with Crippen molar-refractivity contribution in [2.45, 2.75) is 46.8 Å². The molecular weight excluding hydrogens is 485 g/mol. The highest BCUT2D eigenvalue weighted by atomic mass is 127. The van der Waals surface area contributed by atoms with Gasteiger partial charge in [0.25, 0.3) is 0 Å². The van der Waals surface area contributed by atoms with E-state index in [1.54, 1.807) is 0 Å². The number of benzene rings is 1. The van der Waals surface area contributed by atoms with Gasteiger partial charge in [0.05, 0.1) is 19.2 Å². The molecule has 0 aliphatic carbocycles. The first-order valence-electron chi connectivity index (χ1n) is 9.81. The quantitative estimate of drug-likeness (QED) is 0.203. The highest BCUT2D eigenvalue weighted by Crippen LogP contribution is 2.23. The van der Waals surface area contributed by atoms with Crippen LogP contribution in [0, 0.1) is 6.92 Å². The third-order valence-electron chi connectivity index (χ3n) is 4.44. The van der Waals surface area contributed by atoms with Crippen LogP contribution in [-0.4, -0.2) is 55.1 Å². The van der Waals surface area contributed by atoms with Gasteiger partial charge in [0, 0.05) is 25.2 Å². The van der Waals surface area contributed by atoms with Crippen molar-refractivity contribution in [3.8, 4) is 5.75 Å². The summed E-state index contributed by atoms with van der Waals surface area (Å²) in [5, 5.41) is 8.85. The van der Waals surface area contributed by atoms with Gasteiger partial charge in [-0.1, -0.05) is 19.1 Å². The lowest BCUT2D eigenvalue weighted by Crippen LogP contribution is -2.43. The molecule has 162 valence electrons. The summed E-state index contributed by atoms with van der Waals surface area (Å²) in [5.74, 6) is 1.28. The van der Waals surface area contributed by atoms with Gasteiger partial charge in [0.2, 0.25) is 5.91 Å². The average Bonchev–Trinajstić information content (AvgIpc) is 2.99. The number of carbonyl (C=O) groups excluding carboxylic acids is 2. The molecule has 1 aliphatic rings. The molecule has 3 amide bonds. The van der Waals surface area contributed by atoms with Crippen molar-refractivity contribution in [3.63, 3.8) is 0 Å². The standard InChI is InChI=1S/C20H31N5O3.HI/c1-5-15(4)28-17-11-14(3)7-8-16(17)12-23-19(21-6-2)22-9-10-25-18(26)13-24-20(25)27;/h7-8,11,15H,5-6,9-10,12-13H2,1-4H3,(H,24,27)(H2,21,22,23);1H. The Bertz CT molecular complexity index is 710. The number of aryl methyl sites for hydroxylation is 1. The number of halogens is 1. The van der Waals surface area contributed by atoms with E-state index in [1.165, 1.54) is 4.90 Å². The summed E-state index contributed by atoms with van der Waals surface area (Å²) in [6.45, 7) is 10.1. The first-order chi connectivity index (χ1) is 13.4. The number of aliphatic imine (C=N–C) groups is 1. The summed E-state index contributed by atoms with van der Waals surface area (Å²) in [4.78, 5) is 29.0. The number of imide groups is 1. The van der Waals surface area contributed by atoms with E-state index in [1.807, 2.05) is 32.0 Å². The van der Waals surface area contributed by atoms with E-state index in [-0.39, 0.29) is 48.6 Å². The Morgan fingerprint density at radius 3 is 2.69 bits per heavy atom. The highest BCUT2D eigenvalue weighted by molar-refractivity contribution is 14.0. The van der Waals surface area contributed by atoms with Crippen LogP contribution in [0.25, 0.3) is 0 Å². The molecule has 1 aromatic rings. The highest BCUT2D eigenvalue weighted by Gasteiger charge is 2.27. The van der Waals surface area contributed by atoms with E-state index in [0.29, 0.717) is 32.1 Å². The summed E-state index contributed by atoms with van der Waals surface area (Å²) in [7, 11) is 0. The number of urea groups is 1. The van der Waals surface area contributed by atoms with E-state index in [4.69, 9.17) is 4.74 Å². The SMILES string of the molecule is CCNC(=NCc1ccc(C)cc1OC(C)CC)NCCN1C(=O)CNC1=O.I. The Labute approximate surface area is 189 Å². The first kappa shape index (κ1) is 25.0. The van der Waals surface area contributed by atoms with E-state index < -0.39 is 0 Å². The van der Waals surface area contributed by atoms with Crippen LogP contribution in [0.1, 0.15) is 38.3 Å². The number of nitrogens with zero attached hydrogens (tertiary/aromatic N) is 2. The van der Waals surface area contributed by atoms with Crippen LogP contribution in [0.3, 0.4) is 0 Å². The van der Waals surface area contributed by atoms with Gasteiger partial charge in [-0.3, -0.25) is 9.69 Å². The Morgan fingerprint density at radius 1 is 1.31 bits per heavy atom. The maximum Gasteiger partial charge on any atom is 0.324 e. The Morgan fingerprint density at radius 2 is 2.07 bits per heavy atom. The van der Waals surface area contributed by atoms with Crippen molar-refractivity contribution < 1.29 is 14.3 Å². The fraction of sp³-hybridized carbons (Fsp3) is 0.550. The van der Waals surface area contributed by atoms with Crippen molar-refractivity contribution in [2.24, 2.45) is 4.99 Å². The van der Waals surface area contributed by atoms with Gasteiger partial charge in [-0.25, -0.2) is 9.79 Å². The van der Waals surface area contributed by atoms with E-state index in [0.717, 1.165) is 23.3 Å². The number of carbonyl (C=O) groups is 2. The summed E-state index contributed by atoms with van der Waals surface area (Å²) in [6, 6.07) is 5.77. The number of guanidine groups is 1.